The topological polar surface area (TPSA) is 24.9 Å². The third kappa shape index (κ3) is 3.18. The summed E-state index contributed by atoms with van der Waals surface area (Å²) < 4.78 is 13.4. The highest BCUT2D eigenvalue weighted by Crippen LogP contribution is 2.23. The van der Waals surface area contributed by atoms with E-state index in [1.54, 1.807) is 6.92 Å². The van der Waals surface area contributed by atoms with E-state index in [1.807, 2.05) is 31.3 Å². The summed E-state index contributed by atoms with van der Waals surface area (Å²) in [5.74, 6) is -0.166. The van der Waals surface area contributed by atoms with Gasteiger partial charge in [-0.15, -0.1) is 0 Å². The van der Waals surface area contributed by atoms with Crippen LogP contribution < -0.4 is 5.32 Å². The lowest BCUT2D eigenvalue weighted by atomic mass is 9.98. The second-order valence-corrected chi connectivity index (χ2v) is 4.73. The van der Waals surface area contributed by atoms with Crippen LogP contribution in [0, 0.1) is 19.7 Å². The van der Waals surface area contributed by atoms with Crippen LogP contribution >= 0.6 is 0 Å². The maximum absolute atomic E-state index is 13.4. The molecule has 0 fully saturated rings. The van der Waals surface area contributed by atoms with Crippen molar-refractivity contribution >= 4 is 0 Å². The standard InChI is InChI=1S/C16H19FN2/c1-4-18-16(14-6-5-12(3)19-10-14)13-7-8-15(17)11(2)9-13/h5-10,16,18H,4H2,1-3H3. The van der Waals surface area contributed by atoms with E-state index < -0.39 is 0 Å². The van der Waals surface area contributed by atoms with Crippen LogP contribution in [-0.2, 0) is 0 Å². The van der Waals surface area contributed by atoms with Gasteiger partial charge in [-0.25, -0.2) is 4.39 Å². The van der Waals surface area contributed by atoms with Crippen LogP contribution in [0.4, 0.5) is 4.39 Å². The zero-order chi connectivity index (χ0) is 13.8. The van der Waals surface area contributed by atoms with Crippen molar-refractivity contribution in [3.05, 3.63) is 64.7 Å². The van der Waals surface area contributed by atoms with Gasteiger partial charge in [-0.1, -0.05) is 25.1 Å². The van der Waals surface area contributed by atoms with Gasteiger partial charge in [0.05, 0.1) is 6.04 Å². The summed E-state index contributed by atoms with van der Waals surface area (Å²) in [6.07, 6.45) is 1.88. The Morgan fingerprint density at radius 2 is 1.89 bits per heavy atom. The molecule has 1 N–H and O–H groups in total. The van der Waals surface area contributed by atoms with Crippen molar-refractivity contribution in [3.63, 3.8) is 0 Å². The number of pyridine rings is 1. The molecule has 0 aliphatic rings. The van der Waals surface area contributed by atoms with Crippen LogP contribution in [0.5, 0.6) is 0 Å². The molecule has 0 aliphatic carbocycles. The maximum atomic E-state index is 13.4. The molecule has 2 nitrogen and oxygen atoms in total. The van der Waals surface area contributed by atoms with Gasteiger partial charge in [-0.2, -0.15) is 0 Å². The van der Waals surface area contributed by atoms with Gasteiger partial charge in [0.1, 0.15) is 5.82 Å². The first-order valence-corrected chi connectivity index (χ1v) is 6.53. The molecule has 0 radical (unpaired) electrons. The molecule has 1 unspecified atom stereocenters. The fraction of sp³-hybridized carbons (Fsp3) is 0.312. The van der Waals surface area contributed by atoms with E-state index in [0.717, 1.165) is 23.4 Å². The maximum Gasteiger partial charge on any atom is 0.126 e. The molecule has 19 heavy (non-hydrogen) atoms. The van der Waals surface area contributed by atoms with E-state index in [9.17, 15) is 4.39 Å². The third-order valence-corrected chi connectivity index (χ3v) is 3.19. The molecule has 2 rings (SSSR count). The average molecular weight is 258 g/mol. The number of hydrogen-bond donors (Lipinski definition) is 1. The van der Waals surface area contributed by atoms with Gasteiger partial charge < -0.3 is 5.32 Å². The molecule has 0 spiro atoms. The second-order valence-electron chi connectivity index (χ2n) is 4.73. The predicted molar refractivity (Wildman–Crippen MR) is 75.6 cm³/mol. The molecule has 0 bridgehead atoms. The molecule has 1 heterocycles. The first-order valence-electron chi connectivity index (χ1n) is 6.53. The Morgan fingerprint density at radius 3 is 2.47 bits per heavy atom. The van der Waals surface area contributed by atoms with Gasteiger partial charge in [0.25, 0.3) is 0 Å². The Hall–Kier alpha value is -1.74. The van der Waals surface area contributed by atoms with Crippen LogP contribution in [0.1, 0.15) is 35.3 Å². The number of aromatic nitrogens is 1. The van der Waals surface area contributed by atoms with Crippen molar-refractivity contribution in [1.29, 1.82) is 0 Å². The quantitative estimate of drug-likeness (QED) is 0.907. The molecule has 0 saturated heterocycles. The summed E-state index contributed by atoms with van der Waals surface area (Å²) in [5.41, 5.74) is 3.82. The van der Waals surface area contributed by atoms with Gasteiger partial charge in [0.15, 0.2) is 0 Å². The van der Waals surface area contributed by atoms with Gasteiger partial charge in [0, 0.05) is 11.9 Å². The lowest BCUT2D eigenvalue weighted by Gasteiger charge is -2.19. The fourth-order valence-corrected chi connectivity index (χ4v) is 2.13. The second kappa shape index (κ2) is 5.93. The summed E-state index contributed by atoms with van der Waals surface area (Å²) in [5, 5.41) is 3.42. The van der Waals surface area contributed by atoms with Crippen molar-refractivity contribution in [3.8, 4) is 0 Å². The van der Waals surface area contributed by atoms with Gasteiger partial charge >= 0.3 is 0 Å². The Bertz CT molecular complexity index is 549. The normalized spacial score (nSPS) is 12.4. The first-order chi connectivity index (χ1) is 9.11. The minimum Gasteiger partial charge on any atom is -0.306 e. The van der Waals surface area contributed by atoms with Crippen LogP contribution in [0.2, 0.25) is 0 Å². The van der Waals surface area contributed by atoms with E-state index in [-0.39, 0.29) is 11.9 Å². The molecular weight excluding hydrogens is 239 g/mol. The number of benzene rings is 1. The van der Waals surface area contributed by atoms with Crippen LogP contribution in [0.3, 0.4) is 0 Å². The lowest BCUT2D eigenvalue weighted by Crippen LogP contribution is -2.22. The van der Waals surface area contributed by atoms with Crippen molar-refractivity contribution in [1.82, 2.24) is 10.3 Å². The lowest BCUT2D eigenvalue weighted by molar-refractivity contribution is 0.605. The number of rotatable bonds is 4. The van der Waals surface area contributed by atoms with Crippen molar-refractivity contribution < 1.29 is 4.39 Å². The smallest absolute Gasteiger partial charge is 0.126 e. The molecule has 1 atom stereocenters. The summed E-state index contributed by atoms with van der Waals surface area (Å²) in [6.45, 7) is 6.66. The fourth-order valence-electron chi connectivity index (χ4n) is 2.13. The molecule has 1 aromatic heterocycles. The Balaban J connectivity index is 2.38. The highest BCUT2D eigenvalue weighted by atomic mass is 19.1. The molecule has 0 aliphatic heterocycles. The molecular formula is C16H19FN2. The SMILES string of the molecule is CCNC(c1ccc(C)nc1)c1ccc(F)c(C)c1. The minimum absolute atomic E-state index is 0.0531. The van der Waals surface area contributed by atoms with E-state index in [4.69, 9.17) is 0 Å². The summed E-state index contributed by atoms with van der Waals surface area (Å²) in [4.78, 5) is 4.33. The highest BCUT2D eigenvalue weighted by molar-refractivity contribution is 5.33. The van der Waals surface area contributed by atoms with Gasteiger partial charge in [-0.05, 0) is 49.2 Å². The van der Waals surface area contributed by atoms with E-state index in [0.29, 0.717) is 5.56 Å². The zero-order valence-electron chi connectivity index (χ0n) is 11.6. The zero-order valence-corrected chi connectivity index (χ0v) is 11.6. The van der Waals surface area contributed by atoms with E-state index in [1.165, 1.54) is 6.07 Å². The van der Waals surface area contributed by atoms with Crippen LogP contribution in [-0.4, -0.2) is 11.5 Å². The van der Waals surface area contributed by atoms with Crippen LogP contribution in [0.15, 0.2) is 36.5 Å². The molecule has 100 valence electrons. The number of aryl methyl sites for hydroxylation is 2. The largest absolute Gasteiger partial charge is 0.306 e. The van der Waals surface area contributed by atoms with Gasteiger partial charge in [-0.3, -0.25) is 4.98 Å². The molecule has 3 heteroatoms. The van der Waals surface area contributed by atoms with E-state index >= 15 is 0 Å². The Morgan fingerprint density at radius 1 is 1.16 bits per heavy atom. The van der Waals surface area contributed by atoms with Crippen LogP contribution in [0.25, 0.3) is 0 Å². The molecule has 2 aromatic rings. The summed E-state index contributed by atoms with van der Waals surface area (Å²) >= 11 is 0. The third-order valence-electron chi connectivity index (χ3n) is 3.19. The van der Waals surface area contributed by atoms with Crippen molar-refractivity contribution in [2.45, 2.75) is 26.8 Å². The predicted octanol–water partition coefficient (Wildman–Crippen LogP) is 3.54. The number of halogens is 1. The average Bonchev–Trinajstić information content (AvgIpc) is 2.41. The molecule has 0 saturated carbocycles. The number of nitrogens with zero attached hydrogens (tertiary/aromatic N) is 1. The Kier molecular flexibility index (Phi) is 4.27. The number of hydrogen-bond acceptors (Lipinski definition) is 2. The minimum atomic E-state index is -0.166. The van der Waals surface area contributed by atoms with Gasteiger partial charge in [0.2, 0.25) is 0 Å². The molecule has 0 amide bonds. The number of nitrogens with one attached hydrogen (secondary N) is 1. The summed E-state index contributed by atoms with van der Waals surface area (Å²) in [6, 6.07) is 9.36. The molecule has 1 aromatic carbocycles. The summed E-state index contributed by atoms with van der Waals surface area (Å²) in [7, 11) is 0. The monoisotopic (exact) mass is 258 g/mol. The van der Waals surface area contributed by atoms with Crippen molar-refractivity contribution in [2.24, 2.45) is 0 Å². The Labute approximate surface area is 113 Å². The highest BCUT2D eigenvalue weighted by Gasteiger charge is 2.14. The first kappa shape index (κ1) is 13.7. The van der Waals surface area contributed by atoms with Crippen molar-refractivity contribution in [2.75, 3.05) is 6.54 Å². The van der Waals surface area contributed by atoms with E-state index in [2.05, 4.69) is 23.3 Å².